The van der Waals surface area contributed by atoms with Crippen LogP contribution in [0.2, 0.25) is 0 Å². The molecular weight excluding hydrogens is 272 g/mol. The van der Waals surface area contributed by atoms with Crippen LogP contribution in [0.15, 0.2) is 42.7 Å². The summed E-state index contributed by atoms with van der Waals surface area (Å²) in [6.45, 7) is 4.51. The molecule has 104 valence electrons. The van der Waals surface area contributed by atoms with Crippen molar-refractivity contribution in [2.45, 2.75) is 20.4 Å². The normalized spacial score (nSPS) is 10.3. The minimum absolute atomic E-state index is 0.0289. The summed E-state index contributed by atoms with van der Waals surface area (Å²) in [6.07, 6.45) is 3.45. The second-order valence-corrected chi connectivity index (χ2v) is 4.98. The van der Waals surface area contributed by atoms with E-state index in [4.69, 9.17) is 11.6 Å². The van der Waals surface area contributed by atoms with Crippen LogP contribution in [0.5, 0.6) is 0 Å². The summed E-state index contributed by atoms with van der Waals surface area (Å²) < 4.78 is 0. The van der Waals surface area contributed by atoms with Gasteiger partial charge in [0.25, 0.3) is 0 Å². The summed E-state index contributed by atoms with van der Waals surface area (Å²) in [5.41, 5.74) is 4.10. The molecule has 0 aliphatic carbocycles. The van der Waals surface area contributed by atoms with Gasteiger partial charge in [-0.15, -0.1) is 11.6 Å². The third-order valence-electron chi connectivity index (χ3n) is 3.21. The highest BCUT2D eigenvalue weighted by atomic mass is 35.5. The second-order valence-electron chi connectivity index (χ2n) is 4.71. The maximum absolute atomic E-state index is 12.2. The monoisotopic (exact) mass is 288 g/mol. The number of carbonyl (C=O) groups is 1. The topological polar surface area (TPSA) is 33.2 Å². The van der Waals surface area contributed by atoms with Gasteiger partial charge in [-0.2, -0.15) is 0 Å². The van der Waals surface area contributed by atoms with Crippen molar-refractivity contribution < 1.29 is 4.79 Å². The van der Waals surface area contributed by atoms with E-state index in [1.807, 2.05) is 44.2 Å². The Balaban J connectivity index is 2.41. The maximum atomic E-state index is 12.2. The molecule has 2 rings (SSSR count). The number of pyridine rings is 1. The van der Waals surface area contributed by atoms with Crippen LogP contribution in [0.25, 0.3) is 0 Å². The Labute approximate surface area is 124 Å². The Morgan fingerprint density at radius 1 is 1.15 bits per heavy atom. The molecule has 3 nitrogen and oxygen atoms in total. The van der Waals surface area contributed by atoms with E-state index in [0.29, 0.717) is 6.54 Å². The predicted molar refractivity (Wildman–Crippen MR) is 82.1 cm³/mol. The van der Waals surface area contributed by atoms with Gasteiger partial charge in [0.15, 0.2) is 0 Å². The Kier molecular flexibility index (Phi) is 4.74. The molecule has 0 N–H and O–H groups in total. The fourth-order valence-electron chi connectivity index (χ4n) is 2.27. The molecule has 0 saturated heterocycles. The molecular formula is C16H17ClN2O. The summed E-state index contributed by atoms with van der Waals surface area (Å²) in [5, 5.41) is 0. The van der Waals surface area contributed by atoms with Crippen LogP contribution < -0.4 is 4.90 Å². The van der Waals surface area contributed by atoms with Gasteiger partial charge in [0.1, 0.15) is 5.88 Å². The van der Waals surface area contributed by atoms with Crippen LogP contribution >= 0.6 is 11.6 Å². The number of rotatable bonds is 4. The lowest BCUT2D eigenvalue weighted by atomic mass is 10.1. The standard InChI is InChI=1S/C16H17ClN2O/c1-12-4-3-5-13(2)16(12)19(15(20)10-17)11-14-6-8-18-9-7-14/h3-9H,10-11H2,1-2H3. The molecule has 20 heavy (non-hydrogen) atoms. The molecule has 1 amide bonds. The molecule has 1 aromatic heterocycles. The van der Waals surface area contributed by atoms with Gasteiger partial charge in [-0.05, 0) is 42.7 Å². The van der Waals surface area contributed by atoms with Crippen molar-refractivity contribution in [3.05, 3.63) is 59.4 Å². The number of anilines is 1. The lowest BCUT2D eigenvalue weighted by Gasteiger charge is -2.25. The number of halogens is 1. The lowest BCUT2D eigenvalue weighted by Crippen LogP contribution is -2.32. The van der Waals surface area contributed by atoms with Crippen LogP contribution in [0, 0.1) is 13.8 Å². The molecule has 0 aliphatic rings. The fourth-order valence-corrected chi connectivity index (χ4v) is 2.41. The van der Waals surface area contributed by atoms with Crippen LogP contribution in [0.1, 0.15) is 16.7 Å². The summed E-state index contributed by atoms with van der Waals surface area (Å²) >= 11 is 5.76. The van der Waals surface area contributed by atoms with Gasteiger partial charge in [-0.3, -0.25) is 9.78 Å². The van der Waals surface area contributed by atoms with Crippen molar-refractivity contribution in [1.82, 2.24) is 4.98 Å². The summed E-state index contributed by atoms with van der Waals surface area (Å²) in [4.78, 5) is 17.9. The SMILES string of the molecule is Cc1cccc(C)c1N(Cc1ccncc1)C(=O)CCl. The molecule has 0 unspecified atom stereocenters. The number of aryl methyl sites for hydroxylation is 2. The average Bonchev–Trinajstić information content (AvgIpc) is 2.46. The van der Waals surface area contributed by atoms with Gasteiger partial charge in [0.2, 0.25) is 5.91 Å². The van der Waals surface area contributed by atoms with Crippen LogP contribution in [0.3, 0.4) is 0 Å². The Hall–Kier alpha value is -1.87. The van der Waals surface area contributed by atoms with Crippen molar-refractivity contribution in [2.75, 3.05) is 10.8 Å². The second kappa shape index (κ2) is 6.53. The molecule has 0 saturated carbocycles. The van der Waals surface area contributed by atoms with Gasteiger partial charge in [0, 0.05) is 18.1 Å². The largest absolute Gasteiger partial charge is 0.306 e. The molecule has 0 atom stereocenters. The molecule has 0 fully saturated rings. The van der Waals surface area contributed by atoms with E-state index in [1.165, 1.54) is 0 Å². The number of hydrogen-bond donors (Lipinski definition) is 0. The van der Waals surface area contributed by atoms with E-state index < -0.39 is 0 Å². The maximum Gasteiger partial charge on any atom is 0.242 e. The quantitative estimate of drug-likeness (QED) is 0.807. The third-order valence-corrected chi connectivity index (χ3v) is 3.44. The van der Waals surface area contributed by atoms with Gasteiger partial charge >= 0.3 is 0 Å². The minimum Gasteiger partial charge on any atom is -0.306 e. The van der Waals surface area contributed by atoms with Gasteiger partial charge in [-0.25, -0.2) is 0 Å². The van der Waals surface area contributed by atoms with Gasteiger partial charge < -0.3 is 4.90 Å². The zero-order valence-electron chi connectivity index (χ0n) is 11.6. The Bertz CT molecular complexity index is 578. The number of aromatic nitrogens is 1. The van der Waals surface area contributed by atoms with Crippen LogP contribution in [-0.2, 0) is 11.3 Å². The van der Waals surface area contributed by atoms with E-state index in [0.717, 1.165) is 22.4 Å². The molecule has 1 heterocycles. The highest BCUT2D eigenvalue weighted by molar-refractivity contribution is 6.29. The van der Waals surface area contributed by atoms with Crippen molar-refractivity contribution in [2.24, 2.45) is 0 Å². The Morgan fingerprint density at radius 2 is 1.75 bits per heavy atom. The number of benzene rings is 1. The molecule has 4 heteroatoms. The van der Waals surface area contributed by atoms with Crippen molar-refractivity contribution in [3.63, 3.8) is 0 Å². The van der Waals surface area contributed by atoms with E-state index in [1.54, 1.807) is 17.3 Å². The first-order chi connectivity index (χ1) is 9.63. The first-order valence-electron chi connectivity index (χ1n) is 6.45. The van der Waals surface area contributed by atoms with Crippen molar-refractivity contribution >= 4 is 23.2 Å². The predicted octanol–water partition coefficient (Wildman–Crippen LogP) is 3.47. The van der Waals surface area contributed by atoms with Crippen molar-refractivity contribution in [1.29, 1.82) is 0 Å². The van der Waals surface area contributed by atoms with E-state index in [9.17, 15) is 4.79 Å². The number of amides is 1. The zero-order valence-corrected chi connectivity index (χ0v) is 12.4. The highest BCUT2D eigenvalue weighted by Crippen LogP contribution is 2.26. The number of para-hydroxylation sites is 1. The highest BCUT2D eigenvalue weighted by Gasteiger charge is 2.18. The lowest BCUT2D eigenvalue weighted by molar-refractivity contribution is -0.116. The number of nitrogens with zero attached hydrogens (tertiary/aromatic N) is 2. The average molecular weight is 289 g/mol. The molecule has 1 aromatic carbocycles. The zero-order chi connectivity index (χ0) is 14.5. The van der Waals surface area contributed by atoms with Gasteiger partial charge in [0.05, 0.1) is 6.54 Å². The Morgan fingerprint density at radius 3 is 2.30 bits per heavy atom. The summed E-state index contributed by atoms with van der Waals surface area (Å²) in [5.74, 6) is -0.125. The first kappa shape index (κ1) is 14.5. The molecule has 0 radical (unpaired) electrons. The van der Waals surface area contributed by atoms with E-state index in [2.05, 4.69) is 4.98 Å². The van der Waals surface area contributed by atoms with Gasteiger partial charge in [-0.1, -0.05) is 18.2 Å². The van der Waals surface area contributed by atoms with Crippen molar-refractivity contribution in [3.8, 4) is 0 Å². The van der Waals surface area contributed by atoms with Crippen LogP contribution in [0.4, 0.5) is 5.69 Å². The molecule has 0 aliphatic heterocycles. The molecule has 0 spiro atoms. The molecule has 2 aromatic rings. The summed E-state index contributed by atoms with van der Waals surface area (Å²) in [7, 11) is 0. The number of carbonyl (C=O) groups excluding carboxylic acids is 1. The summed E-state index contributed by atoms with van der Waals surface area (Å²) in [6, 6.07) is 9.81. The van der Waals surface area contributed by atoms with E-state index in [-0.39, 0.29) is 11.8 Å². The fraction of sp³-hybridized carbons (Fsp3) is 0.250. The number of hydrogen-bond acceptors (Lipinski definition) is 2. The third kappa shape index (κ3) is 3.17. The first-order valence-corrected chi connectivity index (χ1v) is 6.98. The number of alkyl halides is 1. The molecule has 0 bridgehead atoms. The smallest absolute Gasteiger partial charge is 0.242 e. The van der Waals surface area contributed by atoms with Crippen LogP contribution in [-0.4, -0.2) is 16.8 Å². The minimum atomic E-state index is -0.0964. The van der Waals surface area contributed by atoms with E-state index >= 15 is 0 Å².